The van der Waals surface area contributed by atoms with Crippen LogP contribution in [0.1, 0.15) is 48.1 Å². The Bertz CT molecular complexity index is 551. The maximum atomic E-state index is 12.2. The lowest BCUT2D eigenvalue weighted by molar-refractivity contribution is 0.0931. The highest BCUT2D eigenvalue weighted by Crippen LogP contribution is 2.22. The van der Waals surface area contributed by atoms with Crippen LogP contribution in [0.5, 0.6) is 0 Å². The zero-order chi connectivity index (χ0) is 15.1. The van der Waals surface area contributed by atoms with Crippen molar-refractivity contribution in [1.82, 2.24) is 10.3 Å². The summed E-state index contributed by atoms with van der Waals surface area (Å²) < 4.78 is 0. The van der Waals surface area contributed by atoms with E-state index in [1.54, 1.807) is 23.6 Å². The fourth-order valence-corrected chi connectivity index (χ4v) is 2.86. The van der Waals surface area contributed by atoms with Gasteiger partial charge in [-0.1, -0.05) is 19.9 Å². The second-order valence-corrected chi connectivity index (χ2v) is 5.79. The lowest BCUT2D eigenvalue weighted by Gasteiger charge is -2.15. The third-order valence-electron chi connectivity index (χ3n) is 3.18. The molecule has 2 heterocycles. The van der Waals surface area contributed by atoms with Gasteiger partial charge < -0.3 is 10.6 Å². The Hall–Kier alpha value is -1.88. The summed E-state index contributed by atoms with van der Waals surface area (Å²) in [7, 11) is 0. The van der Waals surface area contributed by atoms with Crippen LogP contribution in [0.3, 0.4) is 0 Å². The molecule has 0 bridgehead atoms. The molecule has 2 aromatic rings. The minimum atomic E-state index is -0.128. The Balaban J connectivity index is 1.99. The van der Waals surface area contributed by atoms with Crippen LogP contribution in [-0.4, -0.2) is 17.4 Å². The van der Waals surface area contributed by atoms with Gasteiger partial charge in [0.25, 0.3) is 5.91 Å². The molecule has 0 fully saturated rings. The van der Waals surface area contributed by atoms with Crippen molar-refractivity contribution in [2.75, 3.05) is 11.9 Å². The van der Waals surface area contributed by atoms with Gasteiger partial charge in [0, 0.05) is 11.4 Å². The summed E-state index contributed by atoms with van der Waals surface area (Å²) in [5.74, 6) is -0.128. The van der Waals surface area contributed by atoms with Crippen molar-refractivity contribution < 1.29 is 4.79 Å². The molecule has 4 nitrogen and oxygen atoms in total. The van der Waals surface area contributed by atoms with Gasteiger partial charge >= 0.3 is 0 Å². The number of hydrogen-bond donors (Lipinski definition) is 2. The average Bonchev–Trinajstić information content (AvgIpc) is 3.05. The predicted octanol–water partition coefficient (Wildman–Crippen LogP) is 3.85. The Kier molecular flexibility index (Phi) is 5.75. The number of nitrogens with one attached hydrogen (secondary N) is 2. The largest absolute Gasteiger partial charge is 0.384 e. The van der Waals surface area contributed by atoms with E-state index in [9.17, 15) is 4.79 Å². The van der Waals surface area contributed by atoms with Gasteiger partial charge in [-0.15, -0.1) is 11.3 Å². The topological polar surface area (TPSA) is 54.0 Å². The number of rotatable bonds is 7. The van der Waals surface area contributed by atoms with Crippen molar-refractivity contribution in [1.29, 1.82) is 0 Å². The quantitative estimate of drug-likeness (QED) is 0.817. The fraction of sp³-hybridized carbons (Fsp3) is 0.375. The summed E-state index contributed by atoms with van der Waals surface area (Å²) in [5, 5.41) is 8.30. The van der Waals surface area contributed by atoms with Gasteiger partial charge in [-0.2, -0.15) is 0 Å². The van der Waals surface area contributed by atoms with Crippen molar-refractivity contribution in [3.63, 3.8) is 0 Å². The van der Waals surface area contributed by atoms with Gasteiger partial charge in [-0.05, 0) is 36.4 Å². The number of aromatic nitrogens is 1. The van der Waals surface area contributed by atoms with Crippen molar-refractivity contribution >= 4 is 22.9 Å². The molecule has 0 saturated heterocycles. The van der Waals surface area contributed by atoms with Gasteiger partial charge in [-0.3, -0.25) is 4.79 Å². The first kappa shape index (κ1) is 15.5. The highest BCUT2D eigenvalue weighted by Gasteiger charge is 2.15. The molecule has 2 aromatic heterocycles. The molecule has 2 N–H and O–H groups in total. The Labute approximate surface area is 129 Å². The first-order valence-electron chi connectivity index (χ1n) is 7.28. The number of nitrogens with zero attached hydrogens (tertiary/aromatic N) is 1. The Morgan fingerprint density at radius 1 is 1.33 bits per heavy atom. The molecule has 5 heteroatoms. The second-order valence-electron chi connectivity index (χ2n) is 4.81. The molecule has 1 amide bonds. The summed E-state index contributed by atoms with van der Waals surface area (Å²) in [6.07, 6.45) is 3.63. The molecule has 0 spiro atoms. The molecule has 1 atom stereocenters. The molecule has 0 aliphatic heterocycles. The smallest absolute Gasteiger partial charge is 0.270 e. The first-order valence-corrected chi connectivity index (χ1v) is 8.16. The van der Waals surface area contributed by atoms with E-state index in [1.165, 1.54) is 4.88 Å². The SMILES string of the molecule is CCCNc1ccc(C(=O)NC(CC)c2cccs2)nc1. The molecule has 0 aliphatic rings. The van der Waals surface area contributed by atoms with E-state index in [-0.39, 0.29) is 11.9 Å². The summed E-state index contributed by atoms with van der Waals surface area (Å²) in [6, 6.07) is 7.75. The molecule has 0 aliphatic carbocycles. The first-order chi connectivity index (χ1) is 10.2. The molecular weight excluding hydrogens is 282 g/mol. The molecule has 0 saturated carbocycles. The van der Waals surface area contributed by atoms with Crippen molar-refractivity contribution in [3.05, 3.63) is 46.4 Å². The fourth-order valence-electron chi connectivity index (χ4n) is 2.00. The van der Waals surface area contributed by atoms with Crippen LogP contribution in [0.25, 0.3) is 0 Å². The summed E-state index contributed by atoms with van der Waals surface area (Å²) in [4.78, 5) is 17.6. The Morgan fingerprint density at radius 3 is 2.76 bits per heavy atom. The van der Waals surface area contributed by atoms with Crippen LogP contribution in [0.4, 0.5) is 5.69 Å². The molecule has 1 unspecified atom stereocenters. The monoisotopic (exact) mass is 303 g/mol. The van der Waals surface area contributed by atoms with Crippen LogP contribution < -0.4 is 10.6 Å². The zero-order valence-corrected chi connectivity index (χ0v) is 13.2. The van der Waals surface area contributed by atoms with Crippen LogP contribution >= 0.6 is 11.3 Å². The third-order valence-corrected chi connectivity index (χ3v) is 4.16. The molecule has 21 heavy (non-hydrogen) atoms. The van der Waals surface area contributed by atoms with Gasteiger partial charge in [0.05, 0.1) is 17.9 Å². The normalized spacial score (nSPS) is 11.9. The zero-order valence-electron chi connectivity index (χ0n) is 12.4. The van der Waals surface area contributed by atoms with E-state index < -0.39 is 0 Å². The predicted molar refractivity (Wildman–Crippen MR) is 87.8 cm³/mol. The van der Waals surface area contributed by atoms with E-state index in [0.717, 1.165) is 25.1 Å². The van der Waals surface area contributed by atoms with Crippen LogP contribution in [0.2, 0.25) is 0 Å². The third kappa shape index (κ3) is 4.29. The van der Waals surface area contributed by atoms with Crippen LogP contribution in [-0.2, 0) is 0 Å². The summed E-state index contributed by atoms with van der Waals surface area (Å²) >= 11 is 1.66. The van der Waals surface area contributed by atoms with Gasteiger partial charge in [0.15, 0.2) is 0 Å². The number of amides is 1. The van der Waals surface area contributed by atoms with Gasteiger partial charge in [0.1, 0.15) is 5.69 Å². The Morgan fingerprint density at radius 2 is 2.19 bits per heavy atom. The second kappa shape index (κ2) is 7.78. The number of carbonyl (C=O) groups excluding carboxylic acids is 1. The maximum Gasteiger partial charge on any atom is 0.270 e. The number of thiophene rings is 1. The molecule has 0 radical (unpaired) electrons. The summed E-state index contributed by atoms with van der Waals surface area (Å²) in [5.41, 5.74) is 1.39. The van der Waals surface area contributed by atoms with E-state index >= 15 is 0 Å². The highest BCUT2D eigenvalue weighted by molar-refractivity contribution is 7.10. The number of pyridine rings is 1. The van der Waals surface area contributed by atoms with Crippen molar-refractivity contribution in [3.8, 4) is 0 Å². The molecule has 0 aromatic carbocycles. The van der Waals surface area contributed by atoms with E-state index in [2.05, 4.69) is 29.5 Å². The van der Waals surface area contributed by atoms with Gasteiger partial charge in [-0.25, -0.2) is 4.98 Å². The van der Waals surface area contributed by atoms with E-state index in [1.807, 2.05) is 23.6 Å². The van der Waals surface area contributed by atoms with Crippen molar-refractivity contribution in [2.45, 2.75) is 32.7 Å². The number of anilines is 1. The number of hydrogen-bond acceptors (Lipinski definition) is 4. The minimum absolute atomic E-state index is 0.0530. The lowest BCUT2D eigenvalue weighted by Crippen LogP contribution is -2.28. The lowest BCUT2D eigenvalue weighted by atomic mass is 10.2. The number of carbonyl (C=O) groups is 1. The minimum Gasteiger partial charge on any atom is -0.384 e. The molecular formula is C16H21N3OS. The van der Waals surface area contributed by atoms with E-state index in [0.29, 0.717) is 5.69 Å². The maximum absolute atomic E-state index is 12.2. The van der Waals surface area contributed by atoms with Crippen molar-refractivity contribution in [2.24, 2.45) is 0 Å². The van der Waals surface area contributed by atoms with Crippen LogP contribution in [0, 0.1) is 0 Å². The van der Waals surface area contributed by atoms with Gasteiger partial charge in [0.2, 0.25) is 0 Å². The van der Waals surface area contributed by atoms with E-state index in [4.69, 9.17) is 0 Å². The summed E-state index contributed by atoms with van der Waals surface area (Å²) in [6.45, 7) is 5.08. The molecule has 112 valence electrons. The highest BCUT2D eigenvalue weighted by atomic mass is 32.1. The molecule has 2 rings (SSSR count). The van der Waals surface area contributed by atoms with Crippen LogP contribution in [0.15, 0.2) is 35.8 Å². The average molecular weight is 303 g/mol. The standard InChI is InChI=1S/C16H21N3OS/c1-3-9-17-12-7-8-14(18-11-12)16(20)19-13(4-2)15-6-5-10-21-15/h5-8,10-11,13,17H,3-4,9H2,1-2H3,(H,19,20).